The Morgan fingerprint density at radius 1 is 1.38 bits per heavy atom. The van der Waals surface area contributed by atoms with E-state index in [1.807, 2.05) is 24.3 Å². The molecule has 0 radical (unpaired) electrons. The van der Waals surface area contributed by atoms with Crippen molar-refractivity contribution in [1.29, 1.82) is 0 Å². The number of H-pyrrole nitrogens is 1. The number of hydrogen-bond donors (Lipinski definition) is 2. The molecule has 0 atom stereocenters. The standard InChI is InChI=1S/C14H17N3O3S/c1-2-3-8-20-11-6-4-10(5-7-11)13-15-14(17-16-13)21-9-12(18)19/h4-7H,2-3,8-9H2,1H3,(H,18,19)(H,15,16,17). The van der Waals surface area contributed by atoms with Crippen LogP contribution in [0.3, 0.4) is 0 Å². The number of ether oxygens (including phenoxy) is 1. The van der Waals surface area contributed by atoms with E-state index in [1.54, 1.807) is 0 Å². The lowest BCUT2D eigenvalue weighted by Gasteiger charge is -2.05. The molecule has 112 valence electrons. The van der Waals surface area contributed by atoms with Gasteiger partial charge >= 0.3 is 5.97 Å². The van der Waals surface area contributed by atoms with E-state index in [2.05, 4.69) is 22.1 Å². The van der Waals surface area contributed by atoms with Crippen LogP contribution in [0, 0.1) is 0 Å². The number of carboxylic acids is 1. The maximum absolute atomic E-state index is 10.5. The molecule has 0 amide bonds. The number of thioether (sulfide) groups is 1. The lowest BCUT2D eigenvalue weighted by molar-refractivity contribution is -0.133. The van der Waals surface area contributed by atoms with Crippen LogP contribution in [0.1, 0.15) is 19.8 Å². The van der Waals surface area contributed by atoms with Crippen molar-refractivity contribution in [3.05, 3.63) is 24.3 Å². The monoisotopic (exact) mass is 307 g/mol. The number of aliphatic carboxylic acids is 1. The number of nitrogens with zero attached hydrogens (tertiary/aromatic N) is 2. The Hall–Kier alpha value is -2.02. The Kier molecular flexibility index (Phi) is 5.62. The molecule has 0 aliphatic carbocycles. The summed E-state index contributed by atoms with van der Waals surface area (Å²) >= 11 is 1.08. The second-order valence-electron chi connectivity index (χ2n) is 4.38. The number of nitrogens with one attached hydrogen (secondary N) is 1. The van der Waals surface area contributed by atoms with Gasteiger partial charge in [0.05, 0.1) is 12.4 Å². The quantitative estimate of drug-likeness (QED) is 0.576. The van der Waals surface area contributed by atoms with E-state index in [1.165, 1.54) is 0 Å². The van der Waals surface area contributed by atoms with Gasteiger partial charge in [0, 0.05) is 5.56 Å². The van der Waals surface area contributed by atoms with E-state index in [-0.39, 0.29) is 5.75 Å². The molecule has 2 N–H and O–H groups in total. The molecule has 1 heterocycles. The van der Waals surface area contributed by atoms with Crippen LogP contribution < -0.4 is 4.74 Å². The SMILES string of the molecule is CCCCOc1ccc(-c2nc(SCC(=O)O)n[nH]2)cc1. The molecule has 0 bridgehead atoms. The van der Waals surface area contributed by atoms with Gasteiger partial charge in [-0.1, -0.05) is 25.1 Å². The number of carbonyl (C=O) groups is 1. The summed E-state index contributed by atoms with van der Waals surface area (Å²) in [6.07, 6.45) is 2.14. The first-order chi connectivity index (χ1) is 10.2. The van der Waals surface area contributed by atoms with Gasteiger partial charge < -0.3 is 9.84 Å². The highest BCUT2D eigenvalue weighted by Crippen LogP contribution is 2.21. The number of benzene rings is 1. The molecule has 0 aliphatic rings. The zero-order valence-electron chi connectivity index (χ0n) is 11.7. The van der Waals surface area contributed by atoms with Gasteiger partial charge in [0.15, 0.2) is 5.82 Å². The topological polar surface area (TPSA) is 88.1 Å². The molecule has 2 aromatic rings. The van der Waals surface area contributed by atoms with Crippen LogP contribution in [0.25, 0.3) is 11.4 Å². The van der Waals surface area contributed by atoms with Gasteiger partial charge in [-0.25, -0.2) is 4.98 Å². The summed E-state index contributed by atoms with van der Waals surface area (Å²) in [5, 5.41) is 15.8. The average molecular weight is 307 g/mol. The smallest absolute Gasteiger partial charge is 0.313 e. The molecule has 21 heavy (non-hydrogen) atoms. The van der Waals surface area contributed by atoms with Gasteiger partial charge in [0.1, 0.15) is 5.75 Å². The van der Waals surface area contributed by atoms with Gasteiger partial charge in [0.25, 0.3) is 0 Å². The first kappa shape index (κ1) is 15.4. The van der Waals surface area contributed by atoms with Crippen molar-refractivity contribution < 1.29 is 14.6 Å². The highest BCUT2D eigenvalue weighted by atomic mass is 32.2. The summed E-state index contributed by atoms with van der Waals surface area (Å²) in [5.41, 5.74) is 0.882. The number of unbranched alkanes of at least 4 members (excludes halogenated alkanes) is 1. The number of carboxylic acid groups (broad SMARTS) is 1. The van der Waals surface area contributed by atoms with Crippen LogP contribution >= 0.6 is 11.8 Å². The molecule has 0 spiro atoms. The van der Waals surface area contributed by atoms with Crippen LogP contribution in [0.5, 0.6) is 5.75 Å². The molecular formula is C14H17N3O3S. The van der Waals surface area contributed by atoms with Crippen LogP contribution in [0.2, 0.25) is 0 Å². The number of aromatic amines is 1. The molecule has 1 aromatic carbocycles. The Morgan fingerprint density at radius 3 is 2.81 bits per heavy atom. The van der Waals surface area contributed by atoms with Crippen molar-refractivity contribution in [2.45, 2.75) is 24.9 Å². The van der Waals surface area contributed by atoms with E-state index >= 15 is 0 Å². The highest BCUT2D eigenvalue weighted by Gasteiger charge is 2.08. The maximum Gasteiger partial charge on any atom is 0.313 e. The second kappa shape index (κ2) is 7.68. The molecule has 0 aliphatic heterocycles. The zero-order valence-corrected chi connectivity index (χ0v) is 12.5. The number of hydrogen-bond acceptors (Lipinski definition) is 5. The fourth-order valence-corrected chi connectivity index (χ4v) is 2.13. The summed E-state index contributed by atoms with van der Waals surface area (Å²) in [6, 6.07) is 7.57. The van der Waals surface area contributed by atoms with Crippen molar-refractivity contribution in [2.75, 3.05) is 12.4 Å². The van der Waals surface area contributed by atoms with Crippen molar-refractivity contribution in [3.8, 4) is 17.1 Å². The Balaban J connectivity index is 1.96. The van der Waals surface area contributed by atoms with E-state index < -0.39 is 5.97 Å². The third kappa shape index (κ3) is 4.78. The normalized spacial score (nSPS) is 10.5. The van der Waals surface area contributed by atoms with Gasteiger partial charge in [-0.2, -0.15) is 0 Å². The Bertz CT molecular complexity index is 583. The predicted molar refractivity (Wildman–Crippen MR) is 80.6 cm³/mol. The molecule has 0 saturated carbocycles. The Labute approximate surface area is 126 Å². The summed E-state index contributed by atoms with van der Waals surface area (Å²) in [5.74, 6) is 0.497. The Morgan fingerprint density at radius 2 is 2.14 bits per heavy atom. The van der Waals surface area contributed by atoms with Gasteiger partial charge in [-0.3, -0.25) is 9.89 Å². The van der Waals surface area contributed by atoms with Gasteiger partial charge in [0.2, 0.25) is 5.16 Å². The minimum Gasteiger partial charge on any atom is -0.494 e. The molecule has 0 fully saturated rings. The van der Waals surface area contributed by atoms with Crippen LogP contribution in [0.15, 0.2) is 29.4 Å². The minimum absolute atomic E-state index is 0.0541. The van der Waals surface area contributed by atoms with Crippen molar-refractivity contribution in [3.63, 3.8) is 0 Å². The fourth-order valence-electron chi connectivity index (χ4n) is 1.61. The van der Waals surface area contributed by atoms with Crippen LogP contribution in [-0.2, 0) is 4.79 Å². The van der Waals surface area contributed by atoms with Gasteiger partial charge in [-0.05, 0) is 30.7 Å². The largest absolute Gasteiger partial charge is 0.494 e. The number of aromatic nitrogens is 3. The summed E-state index contributed by atoms with van der Waals surface area (Å²) in [6.45, 7) is 2.84. The lowest BCUT2D eigenvalue weighted by atomic mass is 10.2. The molecule has 6 nitrogen and oxygen atoms in total. The first-order valence-corrected chi connectivity index (χ1v) is 7.68. The third-order valence-electron chi connectivity index (χ3n) is 2.68. The van der Waals surface area contributed by atoms with E-state index in [4.69, 9.17) is 9.84 Å². The molecule has 2 rings (SSSR count). The summed E-state index contributed by atoms with van der Waals surface area (Å²) in [4.78, 5) is 14.7. The zero-order chi connectivity index (χ0) is 15.1. The molecule has 0 saturated heterocycles. The van der Waals surface area contributed by atoms with Crippen LogP contribution in [0.4, 0.5) is 0 Å². The summed E-state index contributed by atoms with van der Waals surface area (Å²) < 4.78 is 5.59. The molecule has 0 unspecified atom stereocenters. The lowest BCUT2D eigenvalue weighted by Crippen LogP contribution is -1.97. The highest BCUT2D eigenvalue weighted by molar-refractivity contribution is 7.99. The van der Waals surface area contributed by atoms with Crippen molar-refractivity contribution in [1.82, 2.24) is 15.2 Å². The first-order valence-electron chi connectivity index (χ1n) is 6.69. The maximum atomic E-state index is 10.5. The van der Waals surface area contributed by atoms with Crippen molar-refractivity contribution in [2.24, 2.45) is 0 Å². The second-order valence-corrected chi connectivity index (χ2v) is 5.32. The fraction of sp³-hybridized carbons (Fsp3) is 0.357. The van der Waals surface area contributed by atoms with E-state index in [9.17, 15) is 4.79 Å². The number of rotatable bonds is 8. The van der Waals surface area contributed by atoms with Gasteiger partial charge in [-0.15, -0.1) is 5.10 Å². The third-order valence-corrected chi connectivity index (χ3v) is 3.52. The minimum atomic E-state index is -0.889. The average Bonchev–Trinajstić information content (AvgIpc) is 2.95. The van der Waals surface area contributed by atoms with E-state index in [0.29, 0.717) is 17.6 Å². The molecular weight excluding hydrogens is 290 g/mol. The van der Waals surface area contributed by atoms with E-state index in [0.717, 1.165) is 35.9 Å². The summed E-state index contributed by atoms with van der Waals surface area (Å²) in [7, 11) is 0. The predicted octanol–water partition coefficient (Wildman–Crippen LogP) is 2.83. The van der Waals surface area contributed by atoms with Crippen LogP contribution in [-0.4, -0.2) is 38.6 Å². The molecule has 7 heteroatoms. The van der Waals surface area contributed by atoms with Crippen molar-refractivity contribution >= 4 is 17.7 Å². The molecule has 1 aromatic heterocycles.